The Balaban J connectivity index is 2.85. The minimum Gasteiger partial charge on any atom is -0.352 e. The lowest BCUT2D eigenvalue weighted by atomic mass is 10.2. The minimum absolute atomic E-state index is 0.330. The maximum Gasteiger partial charge on any atom is 0.183 e. The highest BCUT2D eigenvalue weighted by molar-refractivity contribution is 6.30. The van der Waals surface area contributed by atoms with Gasteiger partial charge in [0.2, 0.25) is 0 Å². The molecule has 3 heteroatoms. The largest absolute Gasteiger partial charge is 0.352 e. The molecule has 0 N–H and O–H groups in total. The third kappa shape index (κ3) is 2.21. The molecule has 0 saturated carbocycles. The molecular weight excluding hydrogens is 176 g/mol. The summed E-state index contributed by atoms with van der Waals surface area (Å²) in [6.07, 6.45) is -0.330. The van der Waals surface area contributed by atoms with Gasteiger partial charge in [-0.2, -0.15) is 0 Å². The zero-order chi connectivity index (χ0) is 8.97. The van der Waals surface area contributed by atoms with Gasteiger partial charge in [-0.15, -0.1) is 0 Å². The molecule has 0 unspecified atom stereocenters. The third-order valence-electron chi connectivity index (χ3n) is 1.55. The minimum atomic E-state index is -0.330. The van der Waals surface area contributed by atoms with E-state index in [4.69, 9.17) is 21.1 Å². The Kier molecular flexibility index (Phi) is 3.53. The van der Waals surface area contributed by atoms with Crippen LogP contribution in [0.3, 0.4) is 0 Å². The first-order chi connectivity index (χ1) is 5.77. The summed E-state index contributed by atoms with van der Waals surface area (Å²) < 4.78 is 10.1. The summed E-state index contributed by atoms with van der Waals surface area (Å²) in [7, 11) is 3.18. The summed E-state index contributed by atoms with van der Waals surface area (Å²) in [6.45, 7) is 0. The summed E-state index contributed by atoms with van der Waals surface area (Å²) in [5.41, 5.74) is 0.924. The van der Waals surface area contributed by atoms with E-state index in [-0.39, 0.29) is 6.29 Å². The molecule has 0 amide bonds. The van der Waals surface area contributed by atoms with Crippen molar-refractivity contribution in [2.24, 2.45) is 0 Å². The second-order valence-electron chi connectivity index (χ2n) is 2.36. The monoisotopic (exact) mass is 186 g/mol. The number of rotatable bonds is 3. The Hall–Kier alpha value is -0.570. The van der Waals surface area contributed by atoms with Gasteiger partial charge in [-0.05, 0) is 12.1 Å². The summed E-state index contributed by atoms with van der Waals surface area (Å²) in [6, 6.07) is 7.40. The van der Waals surface area contributed by atoms with Gasteiger partial charge in [-0.3, -0.25) is 0 Å². The fraction of sp³-hybridized carbons (Fsp3) is 0.333. The first-order valence-corrected chi connectivity index (χ1v) is 3.96. The highest BCUT2D eigenvalue weighted by Crippen LogP contribution is 2.20. The lowest BCUT2D eigenvalue weighted by Gasteiger charge is -2.13. The van der Waals surface area contributed by atoms with Gasteiger partial charge in [0.1, 0.15) is 0 Å². The lowest BCUT2D eigenvalue weighted by Crippen LogP contribution is -2.02. The number of ether oxygens (including phenoxy) is 2. The number of hydrogen-bond donors (Lipinski definition) is 0. The van der Waals surface area contributed by atoms with Crippen molar-refractivity contribution in [2.45, 2.75) is 6.29 Å². The van der Waals surface area contributed by atoms with Crippen LogP contribution >= 0.6 is 11.6 Å². The topological polar surface area (TPSA) is 18.5 Å². The van der Waals surface area contributed by atoms with E-state index >= 15 is 0 Å². The van der Waals surface area contributed by atoms with Crippen LogP contribution in [0.1, 0.15) is 11.9 Å². The SMILES string of the molecule is COC(OC)c1cccc(Cl)c1. The summed E-state index contributed by atoms with van der Waals surface area (Å²) in [4.78, 5) is 0. The van der Waals surface area contributed by atoms with Crippen LogP contribution in [-0.4, -0.2) is 14.2 Å². The molecule has 1 aromatic carbocycles. The molecule has 0 aliphatic rings. The third-order valence-corrected chi connectivity index (χ3v) is 1.78. The molecule has 1 aromatic rings. The Morgan fingerprint density at radius 3 is 2.42 bits per heavy atom. The maximum absolute atomic E-state index is 5.79. The van der Waals surface area contributed by atoms with Gasteiger partial charge >= 0.3 is 0 Å². The Morgan fingerprint density at radius 2 is 1.92 bits per heavy atom. The molecule has 0 aromatic heterocycles. The second-order valence-corrected chi connectivity index (χ2v) is 2.79. The lowest BCUT2D eigenvalue weighted by molar-refractivity contribution is -0.106. The first kappa shape index (κ1) is 9.52. The van der Waals surface area contributed by atoms with Gasteiger partial charge in [0.15, 0.2) is 6.29 Å². The molecule has 0 atom stereocenters. The van der Waals surface area contributed by atoms with Crippen molar-refractivity contribution in [3.8, 4) is 0 Å². The molecule has 66 valence electrons. The Bertz CT molecular complexity index is 246. The molecule has 1 rings (SSSR count). The van der Waals surface area contributed by atoms with E-state index < -0.39 is 0 Å². The maximum atomic E-state index is 5.79. The van der Waals surface area contributed by atoms with Crippen molar-refractivity contribution in [3.63, 3.8) is 0 Å². The van der Waals surface area contributed by atoms with E-state index in [1.807, 2.05) is 24.3 Å². The molecule has 0 saturated heterocycles. The van der Waals surface area contributed by atoms with Crippen LogP contribution in [0, 0.1) is 0 Å². The van der Waals surface area contributed by atoms with Gasteiger partial charge in [-0.25, -0.2) is 0 Å². The average molecular weight is 187 g/mol. The highest BCUT2D eigenvalue weighted by Gasteiger charge is 2.07. The standard InChI is InChI=1S/C9H11ClO2/c1-11-9(12-2)7-4-3-5-8(10)6-7/h3-6,9H,1-2H3. The molecule has 0 heterocycles. The fourth-order valence-electron chi connectivity index (χ4n) is 1.02. The smallest absolute Gasteiger partial charge is 0.183 e. The van der Waals surface area contributed by atoms with E-state index in [2.05, 4.69) is 0 Å². The average Bonchev–Trinajstić information content (AvgIpc) is 2.07. The zero-order valence-corrected chi connectivity index (χ0v) is 7.84. The molecule has 0 aliphatic carbocycles. The highest BCUT2D eigenvalue weighted by atomic mass is 35.5. The van der Waals surface area contributed by atoms with Gasteiger partial charge in [0.25, 0.3) is 0 Å². The van der Waals surface area contributed by atoms with Crippen molar-refractivity contribution < 1.29 is 9.47 Å². The number of benzene rings is 1. The molecule has 2 nitrogen and oxygen atoms in total. The number of halogens is 1. The van der Waals surface area contributed by atoms with Gasteiger partial charge in [0.05, 0.1) is 0 Å². The number of hydrogen-bond acceptors (Lipinski definition) is 2. The van der Waals surface area contributed by atoms with Crippen molar-refractivity contribution in [1.29, 1.82) is 0 Å². The Morgan fingerprint density at radius 1 is 1.25 bits per heavy atom. The molecule has 0 aliphatic heterocycles. The van der Waals surface area contributed by atoms with E-state index in [9.17, 15) is 0 Å². The summed E-state index contributed by atoms with van der Waals surface area (Å²) in [5.74, 6) is 0. The fourth-order valence-corrected chi connectivity index (χ4v) is 1.22. The van der Waals surface area contributed by atoms with Crippen LogP contribution in [0.15, 0.2) is 24.3 Å². The molecule has 12 heavy (non-hydrogen) atoms. The van der Waals surface area contributed by atoms with E-state index in [0.29, 0.717) is 5.02 Å². The second kappa shape index (κ2) is 4.45. The predicted octanol–water partition coefficient (Wildman–Crippen LogP) is 2.63. The summed E-state index contributed by atoms with van der Waals surface area (Å²) >= 11 is 5.79. The van der Waals surface area contributed by atoms with E-state index in [0.717, 1.165) is 5.56 Å². The van der Waals surface area contributed by atoms with Crippen LogP contribution in [0.5, 0.6) is 0 Å². The molecule has 0 bridgehead atoms. The van der Waals surface area contributed by atoms with Crippen LogP contribution in [0.25, 0.3) is 0 Å². The van der Waals surface area contributed by atoms with Gasteiger partial charge < -0.3 is 9.47 Å². The van der Waals surface area contributed by atoms with Crippen molar-refractivity contribution in [3.05, 3.63) is 34.9 Å². The predicted molar refractivity (Wildman–Crippen MR) is 48.2 cm³/mol. The Labute approximate surface area is 77.1 Å². The molecule has 0 spiro atoms. The molecule has 0 fully saturated rings. The quantitative estimate of drug-likeness (QED) is 0.676. The van der Waals surface area contributed by atoms with Gasteiger partial charge in [-0.1, -0.05) is 23.7 Å². The van der Waals surface area contributed by atoms with Crippen LogP contribution in [0.2, 0.25) is 5.02 Å². The normalized spacial score (nSPS) is 10.7. The van der Waals surface area contributed by atoms with E-state index in [1.54, 1.807) is 14.2 Å². The zero-order valence-electron chi connectivity index (χ0n) is 7.08. The molecular formula is C9H11ClO2. The van der Waals surface area contributed by atoms with Gasteiger partial charge in [0, 0.05) is 24.8 Å². The van der Waals surface area contributed by atoms with Crippen LogP contribution < -0.4 is 0 Å². The van der Waals surface area contributed by atoms with Crippen molar-refractivity contribution >= 4 is 11.6 Å². The van der Waals surface area contributed by atoms with Crippen molar-refractivity contribution in [2.75, 3.05) is 14.2 Å². The van der Waals surface area contributed by atoms with Crippen molar-refractivity contribution in [1.82, 2.24) is 0 Å². The molecule has 0 radical (unpaired) electrons. The van der Waals surface area contributed by atoms with E-state index in [1.165, 1.54) is 0 Å². The van der Waals surface area contributed by atoms with Crippen LogP contribution in [0.4, 0.5) is 0 Å². The van der Waals surface area contributed by atoms with Crippen LogP contribution in [-0.2, 0) is 9.47 Å². The number of methoxy groups -OCH3 is 2. The summed E-state index contributed by atoms with van der Waals surface area (Å²) in [5, 5.41) is 0.687. The first-order valence-electron chi connectivity index (χ1n) is 3.59.